The Labute approximate surface area is 135 Å². The molecule has 0 radical (unpaired) electrons. The molecule has 0 bridgehead atoms. The second-order valence-electron chi connectivity index (χ2n) is 6.43. The van der Waals surface area contributed by atoms with Gasteiger partial charge in [0.15, 0.2) is 5.82 Å². The van der Waals surface area contributed by atoms with Crippen LogP contribution in [0.3, 0.4) is 0 Å². The molecule has 0 aromatic carbocycles. The average molecular weight is 314 g/mol. The van der Waals surface area contributed by atoms with E-state index in [1.165, 1.54) is 25.0 Å². The lowest BCUT2D eigenvalue weighted by atomic mass is 9.83. The van der Waals surface area contributed by atoms with Gasteiger partial charge in [-0.05, 0) is 19.8 Å². The van der Waals surface area contributed by atoms with Crippen molar-refractivity contribution in [3.8, 4) is 0 Å². The Morgan fingerprint density at radius 1 is 1.17 bits per heavy atom. The quantitative estimate of drug-likeness (QED) is 0.851. The molecule has 0 N–H and O–H groups in total. The molecule has 1 saturated carbocycles. The van der Waals surface area contributed by atoms with Gasteiger partial charge in [-0.15, -0.1) is 0 Å². The van der Waals surface area contributed by atoms with Gasteiger partial charge in [-0.25, -0.2) is 9.97 Å². The van der Waals surface area contributed by atoms with Crippen molar-refractivity contribution in [2.24, 2.45) is 0 Å². The molecule has 0 atom stereocenters. The van der Waals surface area contributed by atoms with E-state index >= 15 is 0 Å². The molecule has 1 saturated heterocycles. The van der Waals surface area contributed by atoms with Gasteiger partial charge in [0, 0.05) is 43.9 Å². The molecular formula is C16H22N6O. The Morgan fingerprint density at radius 3 is 2.65 bits per heavy atom. The maximum Gasteiger partial charge on any atom is 0.240 e. The van der Waals surface area contributed by atoms with Crippen molar-refractivity contribution >= 4 is 5.82 Å². The molecule has 23 heavy (non-hydrogen) atoms. The van der Waals surface area contributed by atoms with Crippen LogP contribution in [0.2, 0.25) is 0 Å². The van der Waals surface area contributed by atoms with E-state index in [1.54, 1.807) is 6.33 Å². The molecule has 0 unspecified atom stereocenters. The highest BCUT2D eigenvalue weighted by Gasteiger charge is 2.24. The van der Waals surface area contributed by atoms with Gasteiger partial charge in [0.1, 0.15) is 12.1 Å². The van der Waals surface area contributed by atoms with Crippen LogP contribution in [0.25, 0.3) is 0 Å². The molecule has 7 nitrogen and oxygen atoms in total. The minimum Gasteiger partial charge on any atom is -0.354 e. The topological polar surface area (TPSA) is 71.2 Å². The van der Waals surface area contributed by atoms with Crippen LogP contribution in [0.5, 0.6) is 0 Å². The van der Waals surface area contributed by atoms with Crippen LogP contribution in [-0.4, -0.2) is 51.2 Å². The fraction of sp³-hybridized carbons (Fsp3) is 0.625. The number of anilines is 1. The lowest BCUT2D eigenvalue weighted by molar-refractivity contribution is 0.215. The van der Waals surface area contributed by atoms with E-state index in [1.807, 2.05) is 6.92 Å². The van der Waals surface area contributed by atoms with Crippen LogP contribution in [0.15, 0.2) is 16.9 Å². The van der Waals surface area contributed by atoms with Crippen LogP contribution >= 0.6 is 0 Å². The van der Waals surface area contributed by atoms with E-state index in [-0.39, 0.29) is 0 Å². The van der Waals surface area contributed by atoms with E-state index in [0.717, 1.165) is 38.5 Å². The molecule has 0 amide bonds. The number of nitrogens with zero attached hydrogens (tertiary/aromatic N) is 6. The first kappa shape index (κ1) is 14.6. The zero-order valence-electron chi connectivity index (χ0n) is 13.5. The highest BCUT2D eigenvalue weighted by molar-refractivity contribution is 5.40. The van der Waals surface area contributed by atoms with Crippen LogP contribution < -0.4 is 4.90 Å². The highest BCUT2D eigenvalue weighted by atomic mass is 16.5. The van der Waals surface area contributed by atoms with E-state index in [9.17, 15) is 0 Å². The molecule has 1 aliphatic heterocycles. The van der Waals surface area contributed by atoms with Crippen LogP contribution in [-0.2, 0) is 6.54 Å². The Kier molecular flexibility index (Phi) is 3.95. The normalized spacial score (nSPS) is 19.8. The predicted molar refractivity (Wildman–Crippen MR) is 85.1 cm³/mol. The van der Waals surface area contributed by atoms with E-state index in [0.29, 0.717) is 17.6 Å². The van der Waals surface area contributed by atoms with Gasteiger partial charge >= 0.3 is 0 Å². The molecule has 122 valence electrons. The number of rotatable bonds is 4. The molecule has 2 fully saturated rings. The first-order chi connectivity index (χ1) is 11.3. The summed E-state index contributed by atoms with van der Waals surface area (Å²) in [5.41, 5.74) is 1.21. The summed E-state index contributed by atoms with van der Waals surface area (Å²) < 4.78 is 5.20. The lowest BCUT2D eigenvalue weighted by Gasteiger charge is -2.35. The van der Waals surface area contributed by atoms with Crippen LogP contribution in [0.4, 0.5) is 5.82 Å². The summed E-state index contributed by atoms with van der Waals surface area (Å²) >= 11 is 0. The predicted octanol–water partition coefficient (Wildman–Crippen LogP) is 1.76. The zero-order chi connectivity index (χ0) is 15.6. The largest absolute Gasteiger partial charge is 0.354 e. The first-order valence-electron chi connectivity index (χ1n) is 8.36. The summed E-state index contributed by atoms with van der Waals surface area (Å²) in [4.78, 5) is 17.9. The summed E-state index contributed by atoms with van der Waals surface area (Å²) in [6, 6.07) is 2.18. The van der Waals surface area contributed by atoms with Gasteiger partial charge in [-0.2, -0.15) is 4.98 Å². The minimum atomic E-state index is 0.652. The number of aromatic nitrogens is 4. The Hall–Kier alpha value is -2.02. The number of hydrogen-bond acceptors (Lipinski definition) is 7. The molecule has 2 aromatic heterocycles. The van der Waals surface area contributed by atoms with Crippen molar-refractivity contribution in [1.82, 2.24) is 25.0 Å². The molecule has 4 rings (SSSR count). The summed E-state index contributed by atoms with van der Waals surface area (Å²) in [6.07, 6.45) is 5.59. The highest BCUT2D eigenvalue weighted by Crippen LogP contribution is 2.35. The average Bonchev–Trinajstić information content (AvgIpc) is 2.92. The van der Waals surface area contributed by atoms with Crippen molar-refractivity contribution in [3.63, 3.8) is 0 Å². The Balaban J connectivity index is 1.35. The molecule has 1 aliphatic carbocycles. The van der Waals surface area contributed by atoms with E-state index < -0.39 is 0 Å². The van der Waals surface area contributed by atoms with Crippen molar-refractivity contribution in [2.45, 2.75) is 38.6 Å². The summed E-state index contributed by atoms with van der Waals surface area (Å²) in [5.74, 6) is 3.11. The number of piperazine rings is 1. The zero-order valence-corrected chi connectivity index (χ0v) is 13.5. The summed E-state index contributed by atoms with van der Waals surface area (Å²) in [5, 5.41) is 3.84. The SMILES string of the molecule is Cc1noc(CN2CCN(c3cc(C4CCC4)ncn3)CC2)n1. The maximum absolute atomic E-state index is 5.20. The molecule has 2 aliphatic rings. The molecule has 2 aromatic rings. The van der Waals surface area contributed by atoms with Crippen molar-refractivity contribution < 1.29 is 4.52 Å². The van der Waals surface area contributed by atoms with Gasteiger partial charge in [-0.3, -0.25) is 4.90 Å². The summed E-state index contributed by atoms with van der Waals surface area (Å²) in [6.45, 7) is 6.46. The van der Waals surface area contributed by atoms with Crippen molar-refractivity contribution in [3.05, 3.63) is 29.8 Å². The first-order valence-corrected chi connectivity index (χ1v) is 8.36. The van der Waals surface area contributed by atoms with Gasteiger partial charge in [0.2, 0.25) is 5.89 Å². The third-order valence-electron chi connectivity index (χ3n) is 4.82. The maximum atomic E-state index is 5.20. The molecule has 7 heteroatoms. The number of hydrogen-bond donors (Lipinski definition) is 0. The van der Waals surface area contributed by atoms with E-state index in [2.05, 4.69) is 36.0 Å². The van der Waals surface area contributed by atoms with Crippen molar-refractivity contribution in [1.29, 1.82) is 0 Å². The van der Waals surface area contributed by atoms with Gasteiger partial charge in [-0.1, -0.05) is 11.6 Å². The van der Waals surface area contributed by atoms with Gasteiger partial charge < -0.3 is 9.42 Å². The molecular weight excluding hydrogens is 292 g/mol. The minimum absolute atomic E-state index is 0.652. The Morgan fingerprint density at radius 2 is 2.00 bits per heavy atom. The van der Waals surface area contributed by atoms with Crippen LogP contribution in [0.1, 0.15) is 42.6 Å². The van der Waals surface area contributed by atoms with E-state index in [4.69, 9.17) is 4.52 Å². The smallest absolute Gasteiger partial charge is 0.240 e. The van der Waals surface area contributed by atoms with Gasteiger partial charge in [0.05, 0.1) is 6.54 Å². The Bertz CT molecular complexity index is 660. The third kappa shape index (κ3) is 3.19. The lowest BCUT2D eigenvalue weighted by Crippen LogP contribution is -2.46. The second kappa shape index (κ2) is 6.23. The van der Waals surface area contributed by atoms with Crippen LogP contribution in [0, 0.1) is 6.92 Å². The summed E-state index contributed by atoms with van der Waals surface area (Å²) in [7, 11) is 0. The molecule has 0 spiro atoms. The second-order valence-corrected chi connectivity index (χ2v) is 6.43. The van der Waals surface area contributed by atoms with Gasteiger partial charge in [0.25, 0.3) is 0 Å². The number of aryl methyl sites for hydroxylation is 1. The standard InChI is InChI=1S/C16H22N6O/c1-12-19-16(23-20-12)10-21-5-7-22(8-6-21)15-9-14(17-11-18-15)13-3-2-4-13/h9,11,13H,2-8,10H2,1H3. The van der Waals surface area contributed by atoms with Crippen molar-refractivity contribution in [2.75, 3.05) is 31.1 Å². The third-order valence-corrected chi connectivity index (χ3v) is 4.82. The fourth-order valence-electron chi connectivity index (χ4n) is 3.19. The molecule has 3 heterocycles. The monoisotopic (exact) mass is 314 g/mol. The fourth-order valence-corrected chi connectivity index (χ4v) is 3.19.